The van der Waals surface area contributed by atoms with E-state index in [4.69, 9.17) is 4.98 Å². The number of nitrogens with zero attached hydrogens (tertiary/aromatic N) is 8. The van der Waals surface area contributed by atoms with Crippen LogP contribution in [0.5, 0.6) is 0 Å². The molecule has 0 radical (unpaired) electrons. The molecule has 0 aliphatic carbocycles. The van der Waals surface area contributed by atoms with E-state index in [1.54, 1.807) is 24.4 Å². The second-order valence-corrected chi connectivity index (χ2v) is 10.6. The summed E-state index contributed by atoms with van der Waals surface area (Å²) in [5.74, 6) is 2.00. The second-order valence-electron chi connectivity index (χ2n) is 9.78. The predicted molar refractivity (Wildman–Crippen MR) is 164 cm³/mol. The van der Waals surface area contributed by atoms with E-state index in [9.17, 15) is 4.79 Å². The lowest BCUT2D eigenvalue weighted by Gasteiger charge is -2.22. The van der Waals surface area contributed by atoms with Gasteiger partial charge in [0.15, 0.2) is 11.5 Å². The summed E-state index contributed by atoms with van der Waals surface area (Å²) >= 11 is 1.47. The van der Waals surface area contributed by atoms with Gasteiger partial charge in [-0.05, 0) is 56.0 Å². The molecule has 11 nitrogen and oxygen atoms in total. The molecule has 0 bridgehead atoms. The molecule has 5 rings (SSSR count). The number of rotatable bonds is 12. The maximum absolute atomic E-state index is 9.82. The number of pyridine rings is 1. The summed E-state index contributed by atoms with van der Waals surface area (Å²) in [6.45, 7) is 14.7. The minimum absolute atomic E-state index is 0.576. The minimum atomic E-state index is 0.576. The molecule has 0 aliphatic rings. The monoisotopic (exact) mass is 574 g/mol. The largest absolute Gasteiger partial charge is 0.328 e. The number of aryl methyl sites for hydroxylation is 2. The van der Waals surface area contributed by atoms with Gasteiger partial charge in [-0.1, -0.05) is 33.3 Å². The molecule has 5 aromatic heterocycles. The Hall–Kier alpha value is -4.16. The number of imidazole rings is 1. The number of anilines is 3. The summed E-state index contributed by atoms with van der Waals surface area (Å²) in [6.07, 6.45) is 11.2. The lowest BCUT2D eigenvalue weighted by Crippen LogP contribution is -2.27. The Morgan fingerprint density at radius 1 is 1.15 bits per heavy atom. The molecule has 12 heteroatoms. The molecule has 5 aromatic rings. The SMILES string of the molecule is CCC(C)CN(CC)Cc1cc(Nc2nc(C)cn3c(-c4cnn(CC)c4)cnc23)sn1.O=CNc1ccccn1. The Labute approximate surface area is 244 Å². The number of aromatic nitrogens is 7. The Bertz CT molecular complexity index is 1530. The molecule has 0 aliphatic heterocycles. The highest BCUT2D eigenvalue weighted by atomic mass is 32.1. The van der Waals surface area contributed by atoms with E-state index in [2.05, 4.69) is 73.1 Å². The van der Waals surface area contributed by atoms with Crippen LogP contribution < -0.4 is 10.6 Å². The molecule has 0 saturated carbocycles. The fourth-order valence-corrected chi connectivity index (χ4v) is 4.91. The first kappa shape index (κ1) is 29.8. The van der Waals surface area contributed by atoms with E-state index >= 15 is 0 Å². The van der Waals surface area contributed by atoms with Gasteiger partial charge in [0.25, 0.3) is 0 Å². The summed E-state index contributed by atoms with van der Waals surface area (Å²) in [5, 5.41) is 11.2. The predicted octanol–water partition coefficient (Wildman–Crippen LogP) is 5.64. The number of carbonyl (C=O) groups excluding carboxylic acids is 1. The van der Waals surface area contributed by atoms with E-state index in [1.165, 1.54) is 18.0 Å². The van der Waals surface area contributed by atoms with Crippen LogP contribution in [0, 0.1) is 12.8 Å². The minimum Gasteiger partial charge on any atom is -0.328 e. The number of hydrogen-bond acceptors (Lipinski definition) is 9. The maximum atomic E-state index is 9.82. The van der Waals surface area contributed by atoms with Crippen molar-refractivity contribution in [3.8, 4) is 11.3 Å². The number of fused-ring (bicyclic) bond motifs is 1. The van der Waals surface area contributed by atoms with Gasteiger partial charge in [0.1, 0.15) is 10.8 Å². The summed E-state index contributed by atoms with van der Waals surface area (Å²) in [6, 6.07) is 7.43. The first-order valence-corrected chi connectivity index (χ1v) is 14.6. The van der Waals surface area contributed by atoms with Crippen molar-refractivity contribution < 1.29 is 4.79 Å². The molecule has 1 amide bonds. The second kappa shape index (κ2) is 14.5. The quantitative estimate of drug-likeness (QED) is 0.184. The summed E-state index contributed by atoms with van der Waals surface area (Å²) in [4.78, 5) is 25.5. The smallest absolute Gasteiger partial charge is 0.212 e. The van der Waals surface area contributed by atoms with Crippen molar-refractivity contribution in [2.75, 3.05) is 23.7 Å². The highest BCUT2D eigenvalue weighted by Crippen LogP contribution is 2.28. The van der Waals surface area contributed by atoms with Crippen LogP contribution in [-0.4, -0.2) is 57.9 Å². The van der Waals surface area contributed by atoms with Gasteiger partial charge < -0.3 is 10.6 Å². The van der Waals surface area contributed by atoms with E-state index in [0.29, 0.717) is 18.1 Å². The average Bonchev–Trinajstić information content (AvgIpc) is 3.73. The first-order chi connectivity index (χ1) is 19.9. The standard InChI is InChI=1S/C23H32N8S.C6H6N2O/c1-6-16(4)12-29(7-2)15-19-9-21(32-28-19)27-22-23-24-11-20(31(23)13-17(5)26-22)18-10-25-30(8-3)14-18;9-5-8-6-3-1-2-4-7-6/h9-11,13-14,16H,6-8,12,15H2,1-5H3,(H,26,27);1-5H,(H,7,8,9). The molecule has 2 N–H and O–H groups in total. The summed E-state index contributed by atoms with van der Waals surface area (Å²) < 4.78 is 8.67. The van der Waals surface area contributed by atoms with Crippen molar-refractivity contribution in [3.05, 3.63) is 66.6 Å². The fraction of sp³-hybridized carbons (Fsp3) is 0.379. The Balaban J connectivity index is 0.000000367. The average molecular weight is 575 g/mol. The molecule has 0 spiro atoms. The van der Waals surface area contributed by atoms with Gasteiger partial charge in [-0.2, -0.15) is 9.47 Å². The van der Waals surface area contributed by atoms with Crippen molar-refractivity contribution in [1.82, 2.24) is 38.4 Å². The van der Waals surface area contributed by atoms with E-state index in [1.807, 2.05) is 36.4 Å². The van der Waals surface area contributed by atoms with Crippen LogP contribution >= 0.6 is 11.5 Å². The van der Waals surface area contributed by atoms with Crippen molar-refractivity contribution in [2.45, 2.75) is 54.1 Å². The van der Waals surface area contributed by atoms with Crippen molar-refractivity contribution in [3.63, 3.8) is 0 Å². The molecule has 41 heavy (non-hydrogen) atoms. The molecule has 0 aromatic carbocycles. The van der Waals surface area contributed by atoms with Gasteiger partial charge in [0.2, 0.25) is 6.41 Å². The topological polar surface area (TPSA) is 118 Å². The normalized spacial score (nSPS) is 11.8. The van der Waals surface area contributed by atoms with Crippen LogP contribution in [0.2, 0.25) is 0 Å². The summed E-state index contributed by atoms with van der Waals surface area (Å²) in [7, 11) is 0. The van der Waals surface area contributed by atoms with Crippen LogP contribution in [0.25, 0.3) is 16.9 Å². The Morgan fingerprint density at radius 2 is 2.00 bits per heavy atom. The molecule has 0 fully saturated rings. The summed E-state index contributed by atoms with van der Waals surface area (Å²) in [5.41, 5.74) is 4.83. The van der Waals surface area contributed by atoms with Gasteiger partial charge in [0.05, 0.1) is 29.5 Å². The number of nitrogens with one attached hydrogen (secondary N) is 2. The van der Waals surface area contributed by atoms with Crippen LogP contribution in [0.1, 0.15) is 45.5 Å². The zero-order valence-electron chi connectivity index (χ0n) is 24.3. The van der Waals surface area contributed by atoms with Crippen molar-refractivity contribution in [1.29, 1.82) is 0 Å². The van der Waals surface area contributed by atoms with Crippen molar-refractivity contribution in [2.24, 2.45) is 5.92 Å². The van der Waals surface area contributed by atoms with Gasteiger partial charge >= 0.3 is 0 Å². The van der Waals surface area contributed by atoms with Crippen LogP contribution in [-0.2, 0) is 17.9 Å². The van der Waals surface area contributed by atoms with Crippen molar-refractivity contribution >= 4 is 40.2 Å². The Morgan fingerprint density at radius 3 is 2.68 bits per heavy atom. The van der Waals surface area contributed by atoms with Gasteiger partial charge in [0, 0.05) is 43.8 Å². The van der Waals surface area contributed by atoms with E-state index < -0.39 is 0 Å². The van der Waals surface area contributed by atoms with Gasteiger partial charge in [-0.3, -0.25) is 18.8 Å². The molecule has 5 heterocycles. The molecule has 1 atom stereocenters. The van der Waals surface area contributed by atoms with E-state index in [0.717, 1.165) is 65.3 Å². The highest BCUT2D eigenvalue weighted by molar-refractivity contribution is 7.10. The lowest BCUT2D eigenvalue weighted by atomic mass is 10.1. The van der Waals surface area contributed by atoms with Gasteiger partial charge in [-0.15, -0.1) is 0 Å². The van der Waals surface area contributed by atoms with Crippen LogP contribution in [0.4, 0.5) is 16.6 Å². The molecule has 216 valence electrons. The lowest BCUT2D eigenvalue weighted by molar-refractivity contribution is -0.105. The third-order valence-electron chi connectivity index (χ3n) is 6.64. The third-order valence-corrected chi connectivity index (χ3v) is 7.38. The van der Waals surface area contributed by atoms with Crippen LogP contribution in [0.3, 0.4) is 0 Å². The van der Waals surface area contributed by atoms with E-state index in [-0.39, 0.29) is 0 Å². The first-order valence-electron chi connectivity index (χ1n) is 13.9. The highest BCUT2D eigenvalue weighted by Gasteiger charge is 2.15. The maximum Gasteiger partial charge on any atom is 0.212 e. The number of carbonyl (C=O) groups is 1. The van der Waals surface area contributed by atoms with Gasteiger partial charge in [-0.25, -0.2) is 15.0 Å². The molecule has 1 unspecified atom stereocenters. The van der Waals surface area contributed by atoms with Crippen LogP contribution in [0.15, 0.2) is 55.2 Å². The zero-order valence-corrected chi connectivity index (χ0v) is 25.1. The molecular weight excluding hydrogens is 536 g/mol. The third kappa shape index (κ3) is 7.95. The number of amides is 1. The number of hydrogen-bond donors (Lipinski definition) is 2. The zero-order chi connectivity index (χ0) is 29.2. The molecule has 0 saturated heterocycles. The molecular formula is C29H38N10OS. The fourth-order valence-electron chi connectivity index (χ4n) is 4.25. The Kier molecular flexibility index (Phi) is 10.5.